The Bertz CT molecular complexity index is 884. The molecule has 0 saturated carbocycles. The third-order valence-corrected chi connectivity index (χ3v) is 4.42. The second kappa shape index (κ2) is 9.19. The van der Waals surface area contributed by atoms with Crippen molar-refractivity contribution in [3.05, 3.63) is 65.2 Å². The van der Waals surface area contributed by atoms with E-state index in [0.717, 1.165) is 11.1 Å². The Kier molecular flexibility index (Phi) is 6.45. The number of benzene rings is 2. The molecule has 1 amide bonds. The Labute approximate surface area is 164 Å². The van der Waals surface area contributed by atoms with E-state index < -0.39 is 6.09 Å². The predicted octanol–water partition coefficient (Wildman–Crippen LogP) is 3.73. The van der Waals surface area contributed by atoms with Crippen LogP contribution in [0.2, 0.25) is 0 Å². The molecule has 0 aromatic heterocycles. The first-order valence-corrected chi connectivity index (χ1v) is 9.09. The fraction of sp³-hybridized carbons (Fsp3) is 0.273. The number of aryl methyl sites for hydroxylation is 1. The van der Waals surface area contributed by atoms with Gasteiger partial charge in [0.1, 0.15) is 11.5 Å². The van der Waals surface area contributed by atoms with Crippen LogP contribution in [0.15, 0.2) is 48.5 Å². The smallest absolute Gasteiger partial charge is 0.415 e. The van der Waals surface area contributed by atoms with Gasteiger partial charge in [-0.2, -0.15) is 0 Å². The molecule has 6 heteroatoms. The van der Waals surface area contributed by atoms with Crippen LogP contribution in [0.25, 0.3) is 6.08 Å². The van der Waals surface area contributed by atoms with E-state index in [9.17, 15) is 9.59 Å². The second-order valence-corrected chi connectivity index (χ2v) is 6.41. The van der Waals surface area contributed by atoms with Crippen molar-refractivity contribution in [3.63, 3.8) is 0 Å². The van der Waals surface area contributed by atoms with Gasteiger partial charge in [0, 0.05) is 18.7 Å². The van der Waals surface area contributed by atoms with Crippen LogP contribution in [0.1, 0.15) is 21.5 Å². The van der Waals surface area contributed by atoms with Crippen LogP contribution in [-0.4, -0.2) is 50.2 Å². The largest absolute Gasteiger partial charge is 0.496 e. The maximum atomic E-state index is 12.8. The Hall–Kier alpha value is -3.12. The molecule has 0 bridgehead atoms. The summed E-state index contributed by atoms with van der Waals surface area (Å²) >= 11 is 0. The number of carbonyl (C=O) groups is 2. The van der Waals surface area contributed by atoms with Gasteiger partial charge in [-0.15, -0.1) is 0 Å². The molecule has 6 nitrogen and oxygen atoms in total. The first kappa shape index (κ1) is 19.6. The summed E-state index contributed by atoms with van der Waals surface area (Å²) in [6, 6.07) is 12.6. The summed E-state index contributed by atoms with van der Waals surface area (Å²) in [6.45, 7) is 3.80. The number of hydrogen-bond acceptors (Lipinski definition) is 5. The zero-order chi connectivity index (χ0) is 19.9. The lowest BCUT2D eigenvalue weighted by Gasteiger charge is -2.26. The van der Waals surface area contributed by atoms with Crippen molar-refractivity contribution in [3.8, 4) is 11.5 Å². The lowest BCUT2D eigenvalue weighted by Crippen LogP contribution is -2.42. The van der Waals surface area contributed by atoms with Gasteiger partial charge in [0.2, 0.25) is 0 Å². The van der Waals surface area contributed by atoms with Crippen molar-refractivity contribution in [1.29, 1.82) is 0 Å². The highest BCUT2D eigenvalue weighted by Crippen LogP contribution is 2.24. The highest BCUT2D eigenvalue weighted by Gasteiger charge is 2.21. The van der Waals surface area contributed by atoms with E-state index in [0.29, 0.717) is 37.6 Å². The number of ketones is 1. The normalized spacial score (nSPS) is 14.1. The first-order valence-electron chi connectivity index (χ1n) is 9.09. The molecule has 1 heterocycles. The van der Waals surface area contributed by atoms with Gasteiger partial charge >= 0.3 is 6.09 Å². The number of allylic oxidation sites excluding steroid dienone is 1. The minimum Gasteiger partial charge on any atom is -0.496 e. The molecule has 0 unspecified atom stereocenters. The Morgan fingerprint density at radius 1 is 1.07 bits per heavy atom. The van der Waals surface area contributed by atoms with Crippen LogP contribution < -0.4 is 9.47 Å². The summed E-state index contributed by atoms with van der Waals surface area (Å²) in [6.07, 6.45) is 2.67. The molecule has 3 rings (SSSR count). The predicted molar refractivity (Wildman–Crippen MR) is 106 cm³/mol. The molecule has 146 valence electrons. The molecule has 1 aliphatic heterocycles. The van der Waals surface area contributed by atoms with Crippen LogP contribution >= 0.6 is 0 Å². The summed E-state index contributed by atoms with van der Waals surface area (Å²) in [7, 11) is 1.58. The fourth-order valence-electron chi connectivity index (χ4n) is 2.89. The topological polar surface area (TPSA) is 65.1 Å². The molecular formula is C22H23NO5. The third kappa shape index (κ3) is 4.78. The monoisotopic (exact) mass is 381 g/mol. The highest BCUT2D eigenvalue weighted by molar-refractivity contribution is 6.09. The SMILES string of the molecule is COc1ccccc1/C=C\C(=O)c1cc(C)ccc1OC(=O)N1CCOCC1. The van der Waals surface area contributed by atoms with E-state index in [1.165, 1.54) is 6.08 Å². The van der Waals surface area contributed by atoms with Crippen molar-refractivity contribution in [2.24, 2.45) is 0 Å². The van der Waals surface area contributed by atoms with Crippen molar-refractivity contribution >= 4 is 18.0 Å². The van der Waals surface area contributed by atoms with Gasteiger partial charge in [-0.3, -0.25) is 4.79 Å². The van der Waals surface area contributed by atoms with E-state index in [2.05, 4.69) is 0 Å². The molecule has 1 fully saturated rings. The highest BCUT2D eigenvalue weighted by atomic mass is 16.6. The summed E-state index contributed by atoms with van der Waals surface area (Å²) < 4.78 is 16.1. The lowest BCUT2D eigenvalue weighted by molar-refractivity contribution is 0.0415. The van der Waals surface area contributed by atoms with Crippen LogP contribution in [-0.2, 0) is 4.74 Å². The lowest BCUT2D eigenvalue weighted by atomic mass is 10.0. The summed E-state index contributed by atoms with van der Waals surface area (Å²) in [5, 5.41) is 0. The summed E-state index contributed by atoms with van der Waals surface area (Å²) in [4.78, 5) is 26.8. The zero-order valence-electron chi connectivity index (χ0n) is 16.0. The van der Waals surface area contributed by atoms with Crippen LogP contribution in [0.4, 0.5) is 4.79 Å². The number of rotatable bonds is 5. The number of methoxy groups -OCH3 is 1. The van der Waals surface area contributed by atoms with Gasteiger partial charge in [-0.1, -0.05) is 29.8 Å². The average molecular weight is 381 g/mol. The number of amides is 1. The number of morpholine rings is 1. The van der Waals surface area contributed by atoms with Crippen LogP contribution in [0.3, 0.4) is 0 Å². The van der Waals surface area contributed by atoms with Gasteiger partial charge in [0.05, 0.1) is 25.9 Å². The molecule has 2 aromatic rings. The van der Waals surface area contributed by atoms with Crippen LogP contribution in [0.5, 0.6) is 11.5 Å². The maximum Gasteiger partial charge on any atom is 0.415 e. The number of hydrogen-bond donors (Lipinski definition) is 0. The second-order valence-electron chi connectivity index (χ2n) is 6.41. The summed E-state index contributed by atoms with van der Waals surface area (Å²) in [5.74, 6) is 0.672. The number of nitrogens with zero attached hydrogens (tertiary/aromatic N) is 1. The molecule has 0 spiro atoms. The molecular weight excluding hydrogens is 358 g/mol. The third-order valence-electron chi connectivity index (χ3n) is 4.42. The number of ether oxygens (including phenoxy) is 3. The molecule has 2 aromatic carbocycles. The van der Waals surface area contributed by atoms with E-state index in [-0.39, 0.29) is 11.5 Å². The molecule has 1 aliphatic rings. The Balaban J connectivity index is 1.80. The van der Waals surface area contributed by atoms with Crippen molar-refractivity contribution in [2.45, 2.75) is 6.92 Å². The van der Waals surface area contributed by atoms with Gasteiger partial charge < -0.3 is 19.1 Å². The fourth-order valence-corrected chi connectivity index (χ4v) is 2.89. The molecule has 0 aliphatic carbocycles. The van der Waals surface area contributed by atoms with Gasteiger partial charge in [-0.05, 0) is 37.3 Å². The molecule has 28 heavy (non-hydrogen) atoms. The first-order chi connectivity index (χ1) is 13.6. The summed E-state index contributed by atoms with van der Waals surface area (Å²) in [5.41, 5.74) is 2.03. The van der Waals surface area contributed by atoms with Crippen molar-refractivity contribution in [2.75, 3.05) is 33.4 Å². The van der Waals surface area contributed by atoms with Crippen molar-refractivity contribution in [1.82, 2.24) is 4.90 Å². The zero-order valence-corrected chi connectivity index (χ0v) is 16.0. The van der Waals surface area contributed by atoms with E-state index >= 15 is 0 Å². The van der Waals surface area contributed by atoms with E-state index in [1.54, 1.807) is 30.2 Å². The molecule has 0 atom stereocenters. The number of para-hydroxylation sites is 1. The molecule has 1 saturated heterocycles. The van der Waals surface area contributed by atoms with Gasteiger partial charge in [0.25, 0.3) is 0 Å². The number of carbonyl (C=O) groups excluding carboxylic acids is 2. The van der Waals surface area contributed by atoms with Crippen molar-refractivity contribution < 1.29 is 23.8 Å². The maximum absolute atomic E-state index is 12.8. The quantitative estimate of drug-likeness (QED) is 0.583. The van der Waals surface area contributed by atoms with Gasteiger partial charge in [0.15, 0.2) is 5.78 Å². The molecule has 0 radical (unpaired) electrons. The Morgan fingerprint density at radius 2 is 1.82 bits per heavy atom. The Morgan fingerprint density at radius 3 is 2.57 bits per heavy atom. The van der Waals surface area contributed by atoms with E-state index in [1.807, 2.05) is 37.3 Å². The standard InChI is InChI=1S/C22H23NO5/c1-16-7-10-21(28-22(25)23-11-13-27-14-12-23)18(15-16)19(24)9-8-17-5-3-4-6-20(17)26-2/h3-10,15H,11-14H2,1-2H3/b9-8-. The van der Waals surface area contributed by atoms with E-state index in [4.69, 9.17) is 14.2 Å². The molecule has 0 N–H and O–H groups in total. The average Bonchev–Trinajstić information content (AvgIpc) is 2.74. The van der Waals surface area contributed by atoms with Crippen LogP contribution in [0, 0.1) is 6.92 Å². The van der Waals surface area contributed by atoms with Gasteiger partial charge in [-0.25, -0.2) is 4.79 Å². The minimum absolute atomic E-state index is 0.247. The minimum atomic E-state index is -0.477.